The molecule has 0 aromatic carbocycles. The number of carbonyl (C=O) groups is 1. The summed E-state index contributed by atoms with van der Waals surface area (Å²) in [7, 11) is 3.63. The van der Waals surface area contributed by atoms with Crippen molar-refractivity contribution in [3.8, 4) is 11.4 Å². The summed E-state index contributed by atoms with van der Waals surface area (Å²) in [5, 5.41) is 4.18. The van der Waals surface area contributed by atoms with Crippen molar-refractivity contribution in [3.05, 3.63) is 18.3 Å². The van der Waals surface area contributed by atoms with Gasteiger partial charge in [-0.15, -0.1) is 0 Å². The van der Waals surface area contributed by atoms with Gasteiger partial charge in [-0.1, -0.05) is 0 Å². The van der Waals surface area contributed by atoms with Gasteiger partial charge in [0.05, 0.1) is 17.4 Å². The lowest BCUT2D eigenvalue weighted by molar-refractivity contribution is 0.0238. The molecule has 0 unspecified atom stereocenters. The first kappa shape index (κ1) is 18.9. The normalized spacial score (nSPS) is 17.2. The monoisotopic (exact) mass is 373 g/mol. The highest BCUT2D eigenvalue weighted by atomic mass is 16.6. The number of carbonyl (C=O) groups excluding carboxylic acids is 1. The van der Waals surface area contributed by atoms with Crippen LogP contribution in [0.25, 0.3) is 11.4 Å². The fourth-order valence-corrected chi connectivity index (χ4v) is 3.12. The van der Waals surface area contributed by atoms with Crippen molar-refractivity contribution in [2.24, 2.45) is 7.05 Å². The van der Waals surface area contributed by atoms with E-state index in [1.807, 2.05) is 40.0 Å². The van der Waals surface area contributed by atoms with Crippen LogP contribution in [0.1, 0.15) is 27.2 Å². The molecule has 0 radical (unpaired) electrons. The van der Waals surface area contributed by atoms with Gasteiger partial charge in [0.25, 0.3) is 0 Å². The lowest BCUT2D eigenvalue weighted by Gasteiger charge is -2.28. The Morgan fingerprint density at radius 3 is 2.74 bits per heavy atom. The minimum atomic E-state index is -0.511. The predicted molar refractivity (Wildman–Crippen MR) is 103 cm³/mol. The van der Waals surface area contributed by atoms with E-state index in [-0.39, 0.29) is 18.1 Å². The fourth-order valence-electron chi connectivity index (χ4n) is 3.12. The van der Waals surface area contributed by atoms with Crippen LogP contribution in [0.3, 0.4) is 0 Å². The van der Waals surface area contributed by atoms with E-state index < -0.39 is 5.60 Å². The smallest absolute Gasteiger partial charge is 0.410 e. The van der Waals surface area contributed by atoms with E-state index in [9.17, 15) is 4.79 Å². The molecule has 9 heteroatoms. The van der Waals surface area contributed by atoms with Crippen LogP contribution < -0.4 is 10.6 Å². The predicted octanol–water partition coefficient (Wildman–Crippen LogP) is 1.90. The van der Waals surface area contributed by atoms with Crippen molar-refractivity contribution in [2.75, 3.05) is 30.8 Å². The Bertz CT molecular complexity index is 827. The second-order valence-corrected chi connectivity index (χ2v) is 7.79. The number of nitrogen functional groups attached to an aromatic ring is 1. The molecule has 1 atom stereocenters. The van der Waals surface area contributed by atoms with Gasteiger partial charge < -0.3 is 20.3 Å². The summed E-state index contributed by atoms with van der Waals surface area (Å²) in [5.74, 6) is 0.964. The van der Waals surface area contributed by atoms with Crippen LogP contribution in [0.5, 0.6) is 0 Å². The van der Waals surface area contributed by atoms with Gasteiger partial charge in [0, 0.05) is 39.4 Å². The Morgan fingerprint density at radius 2 is 2.11 bits per heavy atom. The van der Waals surface area contributed by atoms with E-state index in [4.69, 9.17) is 10.5 Å². The van der Waals surface area contributed by atoms with Crippen LogP contribution in [-0.2, 0) is 11.8 Å². The first-order valence-corrected chi connectivity index (χ1v) is 8.98. The number of anilines is 2. The summed E-state index contributed by atoms with van der Waals surface area (Å²) in [6.07, 6.45) is 2.24. The van der Waals surface area contributed by atoms with Gasteiger partial charge in [-0.25, -0.2) is 9.78 Å². The maximum absolute atomic E-state index is 12.3. The maximum atomic E-state index is 12.3. The maximum Gasteiger partial charge on any atom is 0.410 e. The zero-order valence-corrected chi connectivity index (χ0v) is 16.5. The molecule has 0 spiro atoms. The molecule has 1 aliphatic rings. The lowest BCUT2D eigenvalue weighted by Crippen LogP contribution is -2.42. The molecule has 2 aromatic heterocycles. The zero-order chi connectivity index (χ0) is 19.8. The fraction of sp³-hybridized carbons (Fsp3) is 0.556. The van der Waals surface area contributed by atoms with Crippen molar-refractivity contribution in [2.45, 2.75) is 38.8 Å². The van der Waals surface area contributed by atoms with Crippen molar-refractivity contribution >= 4 is 17.9 Å². The lowest BCUT2D eigenvalue weighted by atomic mass is 10.2. The molecule has 2 aromatic rings. The molecular formula is C18H27N7O2. The molecule has 0 bridgehead atoms. The Hall–Kier alpha value is -2.84. The number of aryl methyl sites for hydroxylation is 1. The van der Waals surface area contributed by atoms with Gasteiger partial charge in [0.1, 0.15) is 11.4 Å². The minimum absolute atomic E-state index is 0.0520. The standard InChI is InChI=1S/C18H27N7O2/c1-18(2,3)27-17(26)23(4)12-7-9-25(11-12)15-10-13(21-16(19)22-15)14-6-8-20-24(14)5/h6,8,10,12H,7,9,11H2,1-5H3,(H2,19,21,22)/t12-/m1/s1. The highest BCUT2D eigenvalue weighted by molar-refractivity contribution is 5.68. The van der Waals surface area contributed by atoms with Gasteiger partial charge in [0.2, 0.25) is 5.95 Å². The Labute approximate surface area is 159 Å². The van der Waals surface area contributed by atoms with Crippen LogP contribution in [0, 0.1) is 0 Å². The molecule has 146 valence electrons. The van der Waals surface area contributed by atoms with Crippen molar-refractivity contribution < 1.29 is 9.53 Å². The molecule has 0 aliphatic carbocycles. The van der Waals surface area contributed by atoms with Gasteiger partial charge in [-0.2, -0.15) is 10.1 Å². The average molecular weight is 373 g/mol. The molecule has 3 heterocycles. The number of amides is 1. The average Bonchev–Trinajstić information content (AvgIpc) is 3.21. The molecule has 9 nitrogen and oxygen atoms in total. The van der Waals surface area contributed by atoms with Gasteiger partial charge in [-0.05, 0) is 33.3 Å². The molecule has 2 N–H and O–H groups in total. The number of likely N-dealkylation sites (N-methyl/N-ethyl adjacent to an activating group) is 1. The van der Waals surface area contributed by atoms with Gasteiger partial charge in [-0.3, -0.25) is 4.68 Å². The van der Waals surface area contributed by atoms with Crippen molar-refractivity contribution in [1.82, 2.24) is 24.6 Å². The summed E-state index contributed by atoms with van der Waals surface area (Å²) in [5.41, 5.74) is 7.01. The van der Waals surface area contributed by atoms with Crippen molar-refractivity contribution in [3.63, 3.8) is 0 Å². The van der Waals surface area contributed by atoms with Crippen LogP contribution >= 0.6 is 0 Å². The third-order valence-electron chi connectivity index (χ3n) is 4.53. The van der Waals surface area contributed by atoms with Gasteiger partial charge in [0.15, 0.2) is 0 Å². The summed E-state index contributed by atoms with van der Waals surface area (Å²) in [6, 6.07) is 3.84. The van der Waals surface area contributed by atoms with E-state index in [0.717, 1.165) is 30.2 Å². The van der Waals surface area contributed by atoms with E-state index >= 15 is 0 Å². The quantitative estimate of drug-likeness (QED) is 0.876. The first-order chi connectivity index (χ1) is 12.6. The Kier molecular flexibility index (Phi) is 4.95. The zero-order valence-electron chi connectivity index (χ0n) is 16.5. The molecular weight excluding hydrogens is 346 g/mol. The van der Waals surface area contributed by atoms with E-state index in [2.05, 4.69) is 20.0 Å². The molecule has 3 rings (SSSR count). The molecule has 27 heavy (non-hydrogen) atoms. The number of nitrogens with two attached hydrogens (primary N) is 1. The number of ether oxygens (including phenoxy) is 1. The molecule has 1 amide bonds. The summed E-state index contributed by atoms with van der Waals surface area (Å²) < 4.78 is 7.21. The second-order valence-electron chi connectivity index (χ2n) is 7.79. The number of nitrogens with zero attached hydrogens (tertiary/aromatic N) is 6. The number of rotatable bonds is 3. The van der Waals surface area contributed by atoms with E-state index in [1.165, 1.54) is 0 Å². The molecule has 1 saturated heterocycles. The number of hydrogen-bond donors (Lipinski definition) is 1. The SMILES string of the molecule is CN(C(=O)OC(C)(C)C)[C@@H]1CCN(c2cc(-c3ccnn3C)nc(N)n2)C1. The summed E-state index contributed by atoms with van der Waals surface area (Å²) in [4.78, 5) is 24.8. The summed E-state index contributed by atoms with van der Waals surface area (Å²) in [6.45, 7) is 7.03. The highest BCUT2D eigenvalue weighted by Gasteiger charge is 2.32. The molecule has 1 aliphatic heterocycles. The highest BCUT2D eigenvalue weighted by Crippen LogP contribution is 2.26. The number of hydrogen-bond acceptors (Lipinski definition) is 7. The number of aromatic nitrogens is 4. The minimum Gasteiger partial charge on any atom is -0.444 e. The van der Waals surface area contributed by atoms with Crippen LogP contribution in [0.15, 0.2) is 18.3 Å². The Morgan fingerprint density at radius 1 is 1.37 bits per heavy atom. The van der Waals surface area contributed by atoms with Gasteiger partial charge >= 0.3 is 6.09 Å². The summed E-state index contributed by atoms with van der Waals surface area (Å²) >= 11 is 0. The molecule has 1 fully saturated rings. The second kappa shape index (κ2) is 7.05. The third-order valence-corrected chi connectivity index (χ3v) is 4.53. The molecule has 0 saturated carbocycles. The Balaban J connectivity index is 1.74. The first-order valence-electron chi connectivity index (χ1n) is 8.98. The topological polar surface area (TPSA) is 102 Å². The van der Waals surface area contributed by atoms with Crippen LogP contribution in [-0.4, -0.2) is 62.5 Å². The van der Waals surface area contributed by atoms with Crippen molar-refractivity contribution in [1.29, 1.82) is 0 Å². The van der Waals surface area contributed by atoms with E-state index in [0.29, 0.717) is 6.54 Å². The third kappa shape index (κ3) is 4.29. The van der Waals surface area contributed by atoms with E-state index in [1.54, 1.807) is 22.8 Å². The van der Waals surface area contributed by atoms with Crippen LogP contribution in [0.2, 0.25) is 0 Å². The largest absolute Gasteiger partial charge is 0.444 e. The van der Waals surface area contributed by atoms with Crippen LogP contribution in [0.4, 0.5) is 16.6 Å².